The van der Waals surface area contributed by atoms with E-state index < -0.39 is 18.4 Å². The minimum atomic E-state index is -1.07. The van der Waals surface area contributed by atoms with Crippen LogP contribution in [0.5, 0.6) is 17.2 Å². The quantitative estimate of drug-likeness (QED) is 0.119. The summed E-state index contributed by atoms with van der Waals surface area (Å²) in [6.07, 6.45) is -0.403. The molecule has 0 bridgehead atoms. The lowest BCUT2D eigenvalue weighted by atomic mass is 9.92. The highest BCUT2D eigenvalue weighted by Gasteiger charge is 2.25. The molecule has 0 radical (unpaired) electrons. The van der Waals surface area contributed by atoms with E-state index in [2.05, 4.69) is 30.8 Å². The first-order valence-electron chi connectivity index (χ1n) is 14.8. The summed E-state index contributed by atoms with van der Waals surface area (Å²) in [5, 5.41) is 13.9. The van der Waals surface area contributed by atoms with Crippen LogP contribution < -0.4 is 14.2 Å². The van der Waals surface area contributed by atoms with Gasteiger partial charge in [-0.15, -0.1) is 0 Å². The van der Waals surface area contributed by atoms with Gasteiger partial charge in [0, 0.05) is 11.1 Å². The topological polar surface area (TPSA) is 74.2 Å². The van der Waals surface area contributed by atoms with Gasteiger partial charge in [-0.2, -0.15) is 0 Å². The number of carbonyl (C=O) groups excluding carboxylic acids is 1. The summed E-state index contributed by atoms with van der Waals surface area (Å²) >= 11 is 0. The Hall–Kier alpha value is -5.59. The first kappa shape index (κ1) is 28.2. The summed E-state index contributed by atoms with van der Waals surface area (Å²) in [5.74, 6) is 1.48. The van der Waals surface area contributed by atoms with Crippen molar-refractivity contribution < 1.29 is 28.8 Å². The lowest BCUT2D eigenvalue weighted by Gasteiger charge is -2.18. The number of hydrogen-bond acceptors (Lipinski definition) is 6. The van der Waals surface area contributed by atoms with Gasteiger partial charge < -0.3 is 24.1 Å². The van der Waals surface area contributed by atoms with Crippen molar-refractivity contribution in [2.45, 2.75) is 12.4 Å². The monoisotopic (exact) mass is 594 g/mol. The molecule has 6 nitrogen and oxygen atoms in total. The zero-order chi connectivity index (χ0) is 30.8. The van der Waals surface area contributed by atoms with Gasteiger partial charge in [-0.25, -0.2) is 4.79 Å². The van der Waals surface area contributed by atoms with Crippen molar-refractivity contribution in [2.75, 3.05) is 13.2 Å². The molecule has 1 N–H and O–H groups in total. The number of hydrogen-bond donors (Lipinski definition) is 1. The molecule has 1 aliphatic rings. The van der Waals surface area contributed by atoms with Gasteiger partial charge in [0.1, 0.15) is 30.5 Å². The van der Waals surface area contributed by atoms with Crippen LogP contribution in [0.1, 0.15) is 10.4 Å². The van der Waals surface area contributed by atoms with Crippen LogP contribution in [0, 0.1) is 0 Å². The molecule has 7 rings (SSSR count). The largest absolute Gasteiger partial charge is 0.489 e. The van der Waals surface area contributed by atoms with E-state index in [0.29, 0.717) is 22.8 Å². The van der Waals surface area contributed by atoms with Crippen LogP contribution in [0.4, 0.5) is 0 Å². The SMILES string of the molecule is C=CC(O)Oc1ccc(-c2ccc(C(=O)OC3COc4ccc5ccccc5c4-c4c(ccc5ccccc45)OC3)cc2)cc1. The summed E-state index contributed by atoms with van der Waals surface area (Å²) in [6, 6.07) is 39.0. The molecule has 0 amide bonds. The Morgan fingerprint density at radius 3 is 1.76 bits per heavy atom. The standard InChI is InChI=1S/C39H30O6/c1-2-36(40)44-30-19-15-26(16-20-30)25-11-13-29(14-12-25)39(41)45-31-23-42-34-21-17-27-7-3-5-9-32(27)37(34)38-33-10-6-4-8-28(33)18-22-35(38)43-24-31/h2-22,31,36,40H,1,23-24H2. The van der Waals surface area contributed by atoms with E-state index in [1.165, 1.54) is 6.08 Å². The number of fused-ring (bicyclic) bond motifs is 7. The van der Waals surface area contributed by atoms with Gasteiger partial charge in [0.15, 0.2) is 6.10 Å². The van der Waals surface area contributed by atoms with E-state index in [9.17, 15) is 9.90 Å². The molecule has 0 fully saturated rings. The van der Waals surface area contributed by atoms with Gasteiger partial charge in [-0.05, 0) is 75.1 Å². The van der Waals surface area contributed by atoms with Crippen molar-refractivity contribution in [3.63, 3.8) is 0 Å². The fourth-order valence-electron chi connectivity index (χ4n) is 5.67. The highest BCUT2D eigenvalue weighted by atomic mass is 16.6. The van der Waals surface area contributed by atoms with Gasteiger partial charge in [-0.3, -0.25) is 0 Å². The van der Waals surface area contributed by atoms with Crippen molar-refractivity contribution in [2.24, 2.45) is 0 Å². The molecule has 6 aromatic carbocycles. The molecule has 1 unspecified atom stereocenters. The molecule has 0 spiro atoms. The summed E-state index contributed by atoms with van der Waals surface area (Å²) in [6.45, 7) is 3.78. The van der Waals surface area contributed by atoms with Gasteiger partial charge in [0.05, 0.1) is 5.56 Å². The average Bonchev–Trinajstić information content (AvgIpc) is 3.16. The first-order chi connectivity index (χ1) is 22.1. The van der Waals surface area contributed by atoms with E-state index in [4.69, 9.17) is 18.9 Å². The Morgan fingerprint density at radius 2 is 1.22 bits per heavy atom. The second-order valence-electron chi connectivity index (χ2n) is 10.8. The minimum Gasteiger partial charge on any atom is -0.489 e. The van der Waals surface area contributed by atoms with Crippen molar-refractivity contribution >= 4 is 27.5 Å². The first-order valence-corrected chi connectivity index (χ1v) is 14.8. The molecule has 1 atom stereocenters. The zero-order valence-electron chi connectivity index (χ0n) is 24.4. The van der Waals surface area contributed by atoms with E-state index >= 15 is 0 Å². The van der Waals surface area contributed by atoms with Crippen molar-refractivity contribution in [3.05, 3.63) is 140 Å². The van der Waals surface area contributed by atoms with Crippen LogP contribution in [-0.2, 0) is 4.74 Å². The number of ether oxygens (including phenoxy) is 4. The van der Waals surface area contributed by atoms with Gasteiger partial charge >= 0.3 is 5.97 Å². The summed E-state index contributed by atoms with van der Waals surface area (Å²) < 4.78 is 24.1. The van der Waals surface area contributed by atoms with Gasteiger partial charge in [0.2, 0.25) is 6.29 Å². The molecule has 6 heteroatoms. The predicted molar refractivity (Wildman–Crippen MR) is 176 cm³/mol. The maximum absolute atomic E-state index is 13.3. The Labute approximate surface area is 260 Å². The van der Waals surface area contributed by atoms with Crippen LogP contribution in [0.2, 0.25) is 0 Å². The number of aliphatic hydroxyl groups is 1. The van der Waals surface area contributed by atoms with Crippen LogP contribution in [0.25, 0.3) is 43.8 Å². The molecule has 1 aliphatic heterocycles. The molecular weight excluding hydrogens is 564 g/mol. The van der Waals surface area contributed by atoms with E-state index in [1.807, 2.05) is 72.8 Å². The average molecular weight is 595 g/mol. The third kappa shape index (κ3) is 5.71. The molecule has 0 aromatic heterocycles. The summed E-state index contributed by atoms with van der Waals surface area (Å²) in [5.41, 5.74) is 4.19. The predicted octanol–water partition coefficient (Wildman–Crippen LogP) is 8.21. The van der Waals surface area contributed by atoms with Crippen LogP contribution >= 0.6 is 0 Å². The smallest absolute Gasteiger partial charge is 0.338 e. The van der Waals surface area contributed by atoms with Gasteiger partial charge in [-0.1, -0.05) is 91.5 Å². The fraction of sp³-hybridized carbons (Fsp3) is 0.103. The van der Waals surface area contributed by atoms with Crippen molar-refractivity contribution in [3.8, 4) is 39.5 Å². The van der Waals surface area contributed by atoms with E-state index in [0.717, 1.165) is 43.8 Å². The van der Waals surface area contributed by atoms with Gasteiger partial charge in [0.25, 0.3) is 0 Å². The molecule has 1 heterocycles. The lowest BCUT2D eigenvalue weighted by Crippen LogP contribution is -2.31. The highest BCUT2D eigenvalue weighted by molar-refractivity contribution is 6.09. The number of aliphatic hydroxyl groups excluding tert-OH is 1. The normalized spacial score (nSPS) is 13.6. The molecule has 0 saturated heterocycles. The second kappa shape index (κ2) is 12.2. The molecule has 0 saturated carbocycles. The lowest BCUT2D eigenvalue weighted by molar-refractivity contribution is 0.00319. The molecule has 222 valence electrons. The molecule has 45 heavy (non-hydrogen) atoms. The molecule has 0 aliphatic carbocycles. The third-order valence-corrected chi connectivity index (χ3v) is 7.92. The number of carbonyl (C=O) groups is 1. The van der Waals surface area contributed by atoms with Crippen molar-refractivity contribution in [1.82, 2.24) is 0 Å². The Morgan fingerprint density at radius 1 is 0.711 bits per heavy atom. The van der Waals surface area contributed by atoms with E-state index in [-0.39, 0.29) is 13.2 Å². The maximum atomic E-state index is 13.3. The highest BCUT2D eigenvalue weighted by Crippen LogP contribution is 2.46. The van der Waals surface area contributed by atoms with Crippen LogP contribution in [0.3, 0.4) is 0 Å². The second-order valence-corrected chi connectivity index (χ2v) is 10.8. The van der Waals surface area contributed by atoms with Crippen LogP contribution in [-0.4, -0.2) is 36.7 Å². The maximum Gasteiger partial charge on any atom is 0.338 e. The third-order valence-electron chi connectivity index (χ3n) is 7.92. The van der Waals surface area contributed by atoms with Crippen molar-refractivity contribution in [1.29, 1.82) is 0 Å². The minimum absolute atomic E-state index is 0.135. The number of esters is 1. The zero-order valence-corrected chi connectivity index (χ0v) is 24.4. The Balaban J connectivity index is 1.14. The summed E-state index contributed by atoms with van der Waals surface area (Å²) in [7, 11) is 0. The summed E-state index contributed by atoms with van der Waals surface area (Å²) in [4.78, 5) is 13.3. The van der Waals surface area contributed by atoms with E-state index in [1.54, 1.807) is 24.3 Å². The molecular formula is C39H30O6. The Bertz CT molecular complexity index is 1920. The molecule has 6 aromatic rings. The van der Waals surface area contributed by atoms with Crippen LogP contribution in [0.15, 0.2) is 134 Å². The number of rotatable bonds is 6. The fourth-order valence-corrected chi connectivity index (χ4v) is 5.67. The number of benzene rings is 6. The Kier molecular flexibility index (Phi) is 7.64.